The maximum atomic E-state index is 13.8. The van der Waals surface area contributed by atoms with Gasteiger partial charge < -0.3 is 0 Å². The summed E-state index contributed by atoms with van der Waals surface area (Å²) in [5, 5.41) is -0.137. The van der Waals surface area contributed by atoms with Crippen LogP contribution in [0.4, 0.5) is 11.4 Å². The lowest BCUT2D eigenvalue weighted by atomic mass is 10.0. The van der Waals surface area contributed by atoms with Gasteiger partial charge in [-0.2, -0.15) is 37.2 Å². The van der Waals surface area contributed by atoms with Crippen molar-refractivity contribution in [3.05, 3.63) is 126 Å². The Labute approximate surface area is 238 Å². The fraction of sp³-hybridized carbons (Fsp3) is 0.0714. The molecule has 5 rings (SSSR count). The number of benzene rings is 3. The van der Waals surface area contributed by atoms with Crippen molar-refractivity contribution < 1.29 is 25.4 Å². The average Bonchev–Trinajstić information content (AvgIpc) is 2.98. The molecule has 42 heavy (non-hydrogen) atoms. The maximum absolute atomic E-state index is 13.8. The van der Waals surface area contributed by atoms with Gasteiger partial charge >= 0.3 is 20.2 Å². The summed E-state index contributed by atoms with van der Waals surface area (Å²) < 4.78 is 58.6. The summed E-state index contributed by atoms with van der Waals surface area (Å²) in [6.07, 6.45) is 0. The Morgan fingerprint density at radius 1 is 0.595 bits per heavy atom. The molecule has 0 aliphatic heterocycles. The van der Waals surface area contributed by atoms with Crippen LogP contribution in [0.1, 0.15) is 11.1 Å². The van der Waals surface area contributed by atoms with Gasteiger partial charge in [0.05, 0.1) is 32.5 Å². The first kappa shape index (κ1) is 29.1. The molecule has 0 unspecified atom stereocenters. The van der Waals surface area contributed by atoms with Gasteiger partial charge in [0.25, 0.3) is 0 Å². The van der Waals surface area contributed by atoms with Gasteiger partial charge in [-0.15, -0.1) is 0 Å². The SMILES string of the molecule is Cc1ccc(N=c2ccc(=Nc3ccc(C)cc3S(=O)(=O)ON)c3c(=O)c4ccccc4c(=O)c2=3)c(S(=O)(=O)ON)c1. The zero-order valence-corrected chi connectivity index (χ0v) is 23.7. The minimum atomic E-state index is -4.40. The molecular formula is C28H22N4O8S2. The second kappa shape index (κ2) is 10.8. The molecule has 0 fully saturated rings. The molecule has 0 atom stereocenters. The third-order valence-electron chi connectivity index (χ3n) is 6.54. The maximum Gasteiger partial charge on any atom is 0.314 e. The zero-order chi connectivity index (χ0) is 30.4. The Hall–Kier alpha value is -4.44. The minimum Gasteiger partial charge on any atom is -0.288 e. The number of hydrogen-bond acceptors (Lipinski definition) is 12. The molecule has 0 radical (unpaired) electrons. The molecule has 0 saturated carbocycles. The lowest BCUT2D eigenvalue weighted by Crippen LogP contribution is -2.29. The van der Waals surface area contributed by atoms with Crippen molar-refractivity contribution in [3.63, 3.8) is 0 Å². The quantitative estimate of drug-likeness (QED) is 0.266. The summed E-state index contributed by atoms with van der Waals surface area (Å²) >= 11 is 0. The lowest BCUT2D eigenvalue weighted by molar-refractivity contribution is 0.332. The number of fused-ring (bicyclic) bond motifs is 1. The topological polar surface area (TPSA) is 198 Å². The molecule has 12 nitrogen and oxygen atoms in total. The summed E-state index contributed by atoms with van der Waals surface area (Å²) in [7, 11) is -8.81. The first-order valence-electron chi connectivity index (χ1n) is 12.1. The molecule has 3 aromatic carbocycles. The molecule has 0 heterocycles. The van der Waals surface area contributed by atoms with Crippen molar-refractivity contribution in [1.29, 1.82) is 0 Å². The highest BCUT2D eigenvalue weighted by atomic mass is 32.2. The van der Waals surface area contributed by atoms with Crippen molar-refractivity contribution in [3.8, 4) is 0 Å². The van der Waals surface area contributed by atoms with E-state index < -0.39 is 31.1 Å². The number of nitrogens with two attached hydrogens (primary N) is 2. The number of hydrogen-bond donors (Lipinski definition) is 2. The molecule has 0 spiro atoms. The predicted molar refractivity (Wildman–Crippen MR) is 152 cm³/mol. The first-order valence-corrected chi connectivity index (χ1v) is 15.0. The summed E-state index contributed by atoms with van der Waals surface area (Å²) in [6, 6.07) is 17.5. The third-order valence-corrected chi connectivity index (χ3v) is 8.77. The van der Waals surface area contributed by atoms with Gasteiger partial charge in [0.1, 0.15) is 9.79 Å². The average molecular weight is 607 g/mol. The van der Waals surface area contributed by atoms with Crippen LogP contribution in [-0.4, -0.2) is 16.8 Å². The molecule has 2 aliphatic rings. The van der Waals surface area contributed by atoms with Crippen molar-refractivity contribution in [1.82, 2.24) is 0 Å². The smallest absolute Gasteiger partial charge is 0.288 e. The van der Waals surface area contributed by atoms with Crippen LogP contribution in [0.25, 0.3) is 10.8 Å². The zero-order valence-electron chi connectivity index (χ0n) is 22.1. The molecule has 2 aliphatic carbocycles. The second-order valence-electron chi connectivity index (χ2n) is 9.32. The van der Waals surface area contributed by atoms with Crippen LogP contribution in [0.5, 0.6) is 0 Å². The Kier molecular flexibility index (Phi) is 7.44. The summed E-state index contributed by atoms with van der Waals surface area (Å²) in [6.45, 7) is 3.32. The molecule has 214 valence electrons. The lowest BCUT2D eigenvalue weighted by Gasteiger charge is -2.07. The van der Waals surface area contributed by atoms with Crippen molar-refractivity contribution in [2.75, 3.05) is 0 Å². The molecule has 0 amide bonds. The Morgan fingerprint density at radius 2 is 0.976 bits per heavy atom. The van der Waals surface area contributed by atoms with Crippen LogP contribution in [0, 0.1) is 24.3 Å². The monoisotopic (exact) mass is 606 g/mol. The van der Waals surface area contributed by atoms with Gasteiger partial charge in [-0.05, 0) is 61.4 Å². The normalized spacial score (nSPS) is 13.3. The van der Waals surface area contributed by atoms with E-state index in [0.717, 1.165) is 0 Å². The van der Waals surface area contributed by atoms with Crippen molar-refractivity contribution >= 4 is 42.4 Å². The van der Waals surface area contributed by atoms with Gasteiger partial charge in [0.15, 0.2) is 10.9 Å². The first-order chi connectivity index (χ1) is 19.9. The van der Waals surface area contributed by atoms with E-state index in [2.05, 4.69) is 18.6 Å². The van der Waals surface area contributed by atoms with Crippen LogP contribution in [0.3, 0.4) is 0 Å². The molecule has 14 heteroatoms. The van der Waals surface area contributed by atoms with E-state index in [-0.39, 0.29) is 53.1 Å². The van der Waals surface area contributed by atoms with Crippen LogP contribution in [-0.2, 0) is 28.8 Å². The van der Waals surface area contributed by atoms with Gasteiger partial charge in [-0.3, -0.25) is 9.59 Å². The van der Waals surface area contributed by atoms with Crippen molar-refractivity contribution in [2.45, 2.75) is 23.6 Å². The molecule has 4 N–H and O–H groups in total. The highest BCUT2D eigenvalue weighted by Crippen LogP contribution is 2.27. The molecular weight excluding hydrogens is 584 g/mol. The van der Waals surface area contributed by atoms with E-state index in [9.17, 15) is 26.4 Å². The Balaban J connectivity index is 2.01. The van der Waals surface area contributed by atoms with Crippen LogP contribution >= 0.6 is 0 Å². The van der Waals surface area contributed by atoms with E-state index in [1.54, 1.807) is 38.1 Å². The van der Waals surface area contributed by atoms with Crippen LogP contribution in [0.15, 0.2) is 102 Å². The van der Waals surface area contributed by atoms with Gasteiger partial charge in [-0.1, -0.05) is 36.4 Å². The highest BCUT2D eigenvalue weighted by Gasteiger charge is 2.21. The molecule has 3 aromatic rings. The van der Waals surface area contributed by atoms with Crippen LogP contribution < -0.4 is 33.4 Å². The number of aryl methyl sites for hydroxylation is 2. The van der Waals surface area contributed by atoms with Gasteiger partial charge in [0, 0.05) is 10.8 Å². The van der Waals surface area contributed by atoms with Gasteiger partial charge in [-0.25, -0.2) is 9.98 Å². The molecule has 0 saturated heterocycles. The minimum absolute atomic E-state index is 0.0313. The standard InChI is InChI=1S/C28H22N4O8S2/c1-15-7-9-19(23(13-15)41(35,36)39-29)31-21-11-12-22(32-20-10-8-16(2)14-24(20)42(37,38)40-30)26-25(21)27(33)17-5-3-4-6-18(17)28(26)34/h3-14H,29-30H2,1-2H3. The Morgan fingerprint density at radius 3 is 1.33 bits per heavy atom. The molecule has 0 bridgehead atoms. The number of nitrogens with zero attached hydrogens (tertiary/aromatic N) is 2. The van der Waals surface area contributed by atoms with Crippen LogP contribution in [0.2, 0.25) is 0 Å². The summed E-state index contributed by atoms with van der Waals surface area (Å²) in [4.78, 5) is 35.8. The van der Waals surface area contributed by atoms with E-state index in [1.807, 2.05) is 0 Å². The predicted octanol–water partition coefficient (Wildman–Crippen LogP) is 1.40. The second-order valence-corrected chi connectivity index (χ2v) is 12.4. The van der Waals surface area contributed by atoms with E-state index in [0.29, 0.717) is 11.1 Å². The van der Waals surface area contributed by atoms with Crippen molar-refractivity contribution in [2.24, 2.45) is 21.8 Å². The summed E-state index contributed by atoms with van der Waals surface area (Å²) in [5.74, 6) is 10.0. The van der Waals surface area contributed by atoms with E-state index >= 15 is 0 Å². The molecule has 0 aromatic heterocycles. The fourth-order valence-electron chi connectivity index (χ4n) is 4.57. The fourth-order valence-corrected chi connectivity index (χ4v) is 6.17. The van der Waals surface area contributed by atoms with E-state index in [4.69, 9.17) is 11.8 Å². The van der Waals surface area contributed by atoms with Gasteiger partial charge in [0.2, 0.25) is 0 Å². The summed E-state index contributed by atoms with van der Waals surface area (Å²) in [5.41, 5.74) is -0.167. The highest BCUT2D eigenvalue weighted by molar-refractivity contribution is 7.87. The Bertz CT molecular complexity index is 2260. The van der Waals surface area contributed by atoms with E-state index in [1.165, 1.54) is 48.5 Å². The third kappa shape index (κ3) is 5.07. The largest absolute Gasteiger partial charge is 0.314 e. The number of rotatable bonds is 6.